The van der Waals surface area contributed by atoms with E-state index in [0.29, 0.717) is 0 Å². The minimum Gasteiger partial charge on any atom is -0.361 e. The summed E-state index contributed by atoms with van der Waals surface area (Å²) in [6.07, 6.45) is 3.54. The van der Waals surface area contributed by atoms with Gasteiger partial charge in [-0.2, -0.15) is 0 Å². The number of pyridine rings is 2. The number of hydrogen-bond donors (Lipinski definition) is 0. The summed E-state index contributed by atoms with van der Waals surface area (Å²) in [6, 6.07) is 5.82. The highest BCUT2D eigenvalue weighted by molar-refractivity contribution is 5.92. The van der Waals surface area contributed by atoms with Crippen LogP contribution in [0.4, 0.5) is 0 Å². The quantitative estimate of drug-likeness (QED) is 0.639. The molecule has 0 unspecified atom stereocenters. The average Bonchev–Trinajstić information content (AvgIpc) is 2.69. The lowest BCUT2D eigenvalue weighted by Gasteiger charge is -2.03. The molecule has 3 aromatic heterocycles. The molecule has 0 saturated heterocycles. The van der Waals surface area contributed by atoms with E-state index in [9.17, 15) is 0 Å². The molecule has 4 heteroatoms. The lowest BCUT2D eigenvalue weighted by Crippen LogP contribution is -1.89. The monoisotopic (exact) mass is 225 g/mol. The SMILES string of the molecule is Cc1noc(C)c1-c1nccc2ncccc12. The third-order valence-corrected chi connectivity index (χ3v) is 2.80. The fraction of sp³-hybridized carbons (Fsp3) is 0.154. The highest BCUT2D eigenvalue weighted by Gasteiger charge is 2.15. The molecular formula is C13H11N3O. The molecule has 0 spiro atoms. The first-order valence-corrected chi connectivity index (χ1v) is 5.40. The van der Waals surface area contributed by atoms with E-state index in [1.165, 1.54) is 0 Å². The molecule has 3 rings (SSSR count). The summed E-state index contributed by atoms with van der Waals surface area (Å²) < 4.78 is 5.19. The molecule has 0 aromatic carbocycles. The van der Waals surface area contributed by atoms with Gasteiger partial charge in [-0.05, 0) is 32.0 Å². The molecule has 84 valence electrons. The molecule has 0 saturated carbocycles. The summed E-state index contributed by atoms with van der Waals surface area (Å²) in [4.78, 5) is 8.75. The van der Waals surface area contributed by atoms with Crippen molar-refractivity contribution in [1.29, 1.82) is 0 Å². The van der Waals surface area contributed by atoms with Crippen molar-refractivity contribution in [3.05, 3.63) is 42.0 Å². The van der Waals surface area contributed by atoms with Gasteiger partial charge in [-0.3, -0.25) is 9.97 Å². The Balaban J connectivity index is 2.38. The molecule has 0 radical (unpaired) electrons. The number of fused-ring (bicyclic) bond motifs is 1. The molecule has 0 aliphatic carbocycles. The van der Waals surface area contributed by atoms with Crippen LogP contribution in [0.2, 0.25) is 0 Å². The summed E-state index contributed by atoms with van der Waals surface area (Å²) in [7, 11) is 0. The lowest BCUT2D eigenvalue weighted by molar-refractivity contribution is 0.393. The van der Waals surface area contributed by atoms with Gasteiger partial charge in [0.1, 0.15) is 5.76 Å². The molecule has 0 fully saturated rings. The van der Waals surface area contributed by atoms with Gasteiger partial charge in [0.05, 0.1) is 22.5 Å². The van der Waals surface area contributed by atoms with Crippen LogP contribution in [-0.4, -0.2) is 15.1 Å². The zero-order chi connectivity index (χ0) is 11.8. The van der Waals surface area contributed by atoms with Gasteiger partial charge in [-0.15, -0.1) is 0 Å². The van der Waals surface area contributed by atoms with E-state index in [1.807, 2.05) is 32.0 Å². The molecule has 3 heterocycles. The summed E-state index contributed by atoms with van der Waals surface area (Å²) in [5, 5.41) is 4.98. The van der Waals surface area contributed by atoms with Crippen LogP contribution in [-0.2, 0) is 0 Å². The zero-order valence-electron chi connectivity index (χ0n) is 9.64. The molecular weight excluding hydrogens is 214 g/mol. The second kappa shape index (κ2) is 3.66. The number of nitrogens with zero attached hydrogens (tertiary/aromatic N) is 3. The Bertz CT molecular complexity index is 663. The molecule has 4 nitrogen and oxygen atoms in total. The van der Waals surface area contributed by atoms with Crippen LogP contribution >= 0.6 is 0 Å². The first-order chi connectivity index (χ1) is 8.27. The lowest BCUT2D eigenvalue weighted by atomic mass is 10.1. The number of aromatic nitrogens is 3. The highest BCUT2D eigenvalue weighted by atomic mass is 16.5. The van der Waals surface area contributed by atoms with Crippen molar-refractivity contribution in [2.75, 3.05) is 0 Å². The third-order valence-electron chi connectivity index (χ3n) is 2.80. The fourth-order valence-corrected chi connectivity index (χ4v) is 2.02. The van der Waals surface area contributed by atoms with Gasteiger partial charge in [-0.1, -0.05) is 5.16 Å². The second-order valence-corrected chi connectivity index (χ2v) is 3.93. The van der Waals surface area contributed by atoms with Gasteiger partial charge >= 0.3 is 0 Å². The average molecular weight is 225 g/mol. The van der Waals surface area contributed by atoms with Crippen molar-refractivity contribution < 1.29 is 4.52 Å². The summed E-state index contributed by atoms with van der Waals surface area (Å²) in [5.74, 6) is 0.784. The molecule has 3 aromatic rings. The predicted molar refractivity (Wildman–Crippen MR) is 64.5 cm³/mol. The van der Waals surface area contributed by atoms with Crippen molar-refractivity contribution in [3.8, 4) is 11.3 Å². The normalized spacial score (nSPS) is 10.9. The van der Waals surface area contributed by atoms with E-state index in [1.54, 1.807) is 12.4 Å². The van der Waals surface area contributed by atoms with Crippen molar-refractivity contribution >= 4 is 10.9 Å². The fourth-order valence-electron chi connectivity index (χ4n) is 2.02. The maximum atomic E-state index is 5.19. The number of hydrogen-bond acceptors (Lipinski definition) is 4. The molecule has 0 N–H and O–H groups in total. The van der Waals surface area contributed by atoms with Crippen LogP contribution in [0.15, 0.2) is 35.1 Å². The van der Waals surface area contributed by atoms with Crippen LogP contribution in [0.1, 0.15) is 11.5 Å². The van der Waals surface area contributed by atoms with Gasteiger partial charge in [0.2, 0.25) is 0 Å². The Labute approximate surface area is 98.3 Å². The summed E-state index contributed by atoms with van der Waals surface area (Å²) in [5.41, 5.74) is 3.62. The first-order valence-electron chi connectivity index (χ1n) is 5.40. The molecule has 0 amide bonds. The molecule has 0 aliphatic rings. The van der Waals surface area contributed by atoms with Crippen molar-refractivity contribution in [1.82, 2.24) is 15.1 Å². The Kier molecular flexibility index (Phi) is 2.14. The standard InChI is InChI=1S/C13H11N3O/c1-8-12(9(2)17-16-8)13-10-4-3-6-14-11(10)5-7-15-13/h3-7H,1-2H3. The van der Waals surface area contributed by atoms with Gasteiger partial charge in [0, 0.05) is 17.8 Å². The Morgan fingerprint density at radius 3 is 2.71 bits per heavy atom. The maximum absolute atomic E-state index is 5.19. The van der Waals surface area contributed by atoms with Gasteiger partial charge in [0.25, 0.3) is 0 Å². The van der Waals surface area contributed by atoms with E-state index >= 15 is 0 Å². The van der Waals surface area contributed by atoms with E-state index in [4.69, 9.17) is 4.52 Å². The number of rotatable bonds is 1. The van der Waals surface area contributed by atoms with Crippen LogP contribution in [0.5, 0.6) is 0 Å². The molecule has 0 aliphatic heterocycles. The van der Waals surface area contributed by atoms with E-state index < -0.39 is 0 Å². The van der Waals surface area contributed by atoms with E-state index in [-0.39, 0.29) is 0 Å². The van der Waals surface area contributed by atoms with Gasteiger partial charge in [-0.25, -0.2) is 0 Å². The summed E-state index contributed by atoms with van der Waals surface area (Å²) >= 11 is 0. The topological polar surface area (TPSA) is 51.8 Å². The molecule has 0 bridgehead atoms. The Hall–Kier alpha value is -2.23. The largest absolute Gasteiger partial charge is 0.361 e. The predicted octanol–water partition coefficient (Wildman–Crippen LogP) is 2.90. The smallest absolute Gasteiger partial charge is 0.143 e. The molecule has 0 atom stereocenters. The van der Waals surface area contributed by atoms with Gasteiger partial charge in [0.15, 0.2) is 0 Å². The van der Waals surface area contributed by atoms with Crippen LogP contribution in [0, 0.1) is 13.8 Å². The zero-order valence-corrected chi connectivity index (χ0v) is 9.64. The highest BCUT2D eigenvalue weighted by Crippen LogP contribution is 2.30. The molecule has 17 heavy (non-hydrogen) atoms. The van der Waals surface area contributed by atoms with Crippen molar-refractivity contribution in [2.45, 2.75) is 13.8 Å². The van der Waals surface area contributed by atoms with Crippen LogP contribution in [0.25, 0.3) is 22.2 Å². The van der Waals surface area contributed by atoms with Crippen LogP contribution in [0.3, 0.4) is 0 Å². The minimum atomic E-state index is 0.784. The Morgan fingerprint density at radius 2 is 1.94 bits per heavy atom. The van der Waals surface area contributed by atoms with E-state index in [2.05, 4.69) is 15.1 Å². The summed E-state index contributed by atoms with van der Waals surface area (Å²) in [6.45, 7) is 3.81. The van der Waals surface area contributed by atoms with Gasteiger partial charge < -0.3 is 4.52 Å². The number of aryl methyl sites for hydroxylation is 2. The van der Waals surface area contributed by atoms with Crippen LogP contribution < -0.4 is 0 Å². The Morgan fingerprint density at radius 1 is 1.06 bits per heavy atom. The minimum absolute atomic E-state index is 0.784. The second-order valence-electron chi connectivity index (χ2n) is 3.93. The first kappa shape index (κ1) is 9.96. The van der Waals surface area contributed by atoms with Crippen molar-refractivity contribution in [3.63, 3.8) is 0 Å². The maximum Gasteiger partial charge on any atom is 0.143 e. The van der Waals surface area contributed by atoms with E-state index in [0.717, 1.165) is 33.6 Å². The van der Waals surface area contributed by atoms with Crippen molar-refractivity contribution in [2.24, 2.45) is 0 Å². The third kappa shape index (κ3) is 1.49.